The first kappa shape index (κ1) is 11.3. The van der Waals surface area contributed by atoms with Crippen LogP contribution in [0.15, 0.2) is 12.2 Å². The molecule has 1 saturated heterocycles. The largest absolute Gasteiger partial charge is 0.462 e. The van der Waals surface area contributed by atoms with Crippen molar-refractivity contribution in [2.75, 3.05) is 6.61 Å². The Balaban J connectivity index is 1.93. The maximum Gasteiger partial charge on any atom is 0.306 e. The molecule has 0 bridgehead atoms. The summed E-state index contributed by atoms with van der Waals surface area (Å²) in [6.45, 7) is 0.128. The molecule has 1 heterocycles. The van der Waals surface area contributed by atoms with Crippen LogP contribution in [0.2, 0.25) is 0 Å². The van der Waals surface area contributed by atoms with Crippen LogP contribution in [0.3, 0.4) is 0 Å². The highest BCUT2D eigenvalue weighted by Crippen LogP contribution is 2.40. The number of aliphatic hydroxyl groups is 1. The van der Waals surface area contributed by atoms with Crippen molar-refractivity contribution < 1.29 is 19.4 Å². The van der Waals surface area contributed by atoms with Crippen LogP contribution >= 0.6 is 0 Å². The van der Waals surface area contributed by atoms with Crippen LogP contribution in [0.5, 0.6) is 0 Å². The predicted octanol–water partition coefficient (Wildman–Crippen LogP) is 0.836. The van der Waals surface area contributed by atoms with Gasteiger partial charge in [-0.3, -0.25) is 9.59 Å². The number of esters is 1. The fraction of sp³-hybridized carbons (Fsp3) is 0.667. The minimum Gasteiger partial charge on any atom is -0.462 e. The highest BCUT2D eigenvalue weighted by molar-refractivity contribution is 5.87. The fourth-order valence-electron chi connectivity index (χ4n) is 2.55. The van der Waals surface area contributed by atoms with Crippen molar-refractivity contribution in [3.05, 3.63) is 12.2 Å². The third kappa shape index (κ3) is 2.16. The third-order valence-corrected chi connectivity index (χ3v) is 3.35. The zero-order chi connectivity index (χ0) is 11.5. The molecular weight excluding hydrogens is 208 g/mol. The zero-order valence-corrected chi connectivity index (χ0v) is 9.09. The van der Waals surface area contributed by atoms with Crippen LogP contribution in [-0.2, 0) is 14.3 Å². The SMILES string of the molecule is O=C1CC2C(CC(=O)[C@H]2C/C=C/CCO)O1. The summed E-state index contributed by atoms with van der Waals surface area (Å²) in [5.41, 5.74) is 0. The van der Waals surface area contributed by atoms with E-state index in [1.807, 2.05) is 12.2 Å². The summed E-state index contributed by atoms with van der Waals surface area (Å²) in [6.07, 6.45) is 5.67. The third-order valence-electron chi connectivity index (χ3n) is 3.35. The van der Waals surface area contributed by atoms with E-state index in [0.717, 1.165) is 0 Å². The first-order valence-corrected chi connectivity index (χ1v) is 5.70. The lowest BCUT2D eigenvalue weighted by molar-refractivity contribution is -0.141. The van der Waals surface area contributed by atoms with Gasteiger partial charge in [0.15, 0.2) is 0 Å². The van der Waals surface area contributed by atoms with Crippen molar-refractivity contribution in [3.8, 4) is 0 Å². The number of rotatable bonds is 4. The van der Waals surface area contributed by atoms with Crippen molar-refractivity contribution in [2.45, 2.75) is 31.8 Å². The molecule has 1 N–H and O–H groups in total. The normalized spacial score (nSPS) is 33.4. The van der Waals surface area contributed by atoms with E-state index in [0.29, 0.717) is 25.7 Å². The molecule has 16 heavy (non-hydrogen) atoms. The van der Waals surface area contributed by atoms with Gasteiger partial charge < -0.3 is 9.84 Å². The number of carbonyl (C=O) groups excluding carboxylic acids is 2. The van der Waals surface area contributed by atoms with Gasteiger partial charge in [-0.1, -0.05) is 12.2 Å². The molecule has 2 aliphatic rings. The molecule has 0 aromatic carbocycles. The van der Waals surface area contributed by atoms with Crippen molar-refractivity contribution in [3.63, 3.8) is 0 Å². The van der Waals surface area contributed by atoms with E-state index in [4.69, 9.17) is 9.84 Å². The summed E-state index contributed by atoms with van der Waals surface area (Å²) in [5.74, 6) is 0.0492. The Labute approximate surface area is 94.3 Å². The Morgan fingerprint density at radius 2 is 2.12 bits per heavy atom. The predicted molar refractivity (Wildman–Crippen MR) is 56.6 cm³/mol. The molecule has 0 aromatic rings. The van der Waals surface area contributed by atoms with Gasteiger partial charge in [0.25, 0.3) is 0 Å². The van der Waals surface area contributed by atoms with E-state index < -0.39 is 0 Å². The van der Waals surface area contributed by atoms with Crippen LogP contribution in [0.25, 0.3) is 0 Å². The van der Waals surface area contributed by atoms with E-state index in [1.165, 1.54) is 0 Å². The molecule has 1 aliphatic heterocycles. The Morgan fingerprint density at radius 3 is 2.88 bits per heavy atom. The Kier molecular flexibility index (Phi) is 3.39. The number of aliphatic hydroxyl groups excluding tert-OH is 1. The number of hydrogen-bond acceptors (Lipinski definition) is 4. The topological polar surface area (TPSA) is 63.6 Å². The molecule has 0 radical (unpaired) electrons. The van der Waals surface area contributed by atoms with E-state index in [-0.39, 0.29) is 36.3 Å². The van der Waals surface area contributed by atoms with Crippen LogP contribution < -0.4 is 0 Å². The van der Waals surface area contributed by atoms with Gasteiger partial charge in [-0.25, -0.2) is 0 Å². The maximum atomic E-state index is 11.7. The van der Waals surface area contributed by atoms with Crippen molar-refractivity contribution in [1.29, 1.82) is 0 Å². The minimum atomic E-state index is -0.174. The smallest absolute Gasteiger partial charge is 0.306 e. The van der Waals surface area contributed by atoms with Crippen LogP contribution in [-0.4, -0.2) is 29.6 Å². The second kappa shape index (κ2) is 4.78. The van der Waals surface area contributed by atoms with Crippen LogP contribution in [0.4, 0.5) is 0 Å². The van der Waals surface area contributed by atoms with E-state index >= 15 is 0 Å². The minimum absolute atomic E-state index is 0.0635. The molecule has 2 fully saturated rings. The average Bonchev–Trinajstić information content (AvgIpc) is 2.70. The molecular formula is C12H16O4. The lowest BCUT2D eigenvalue weighted by Gasteiger charge is -2.11. The highest BCUT2D eigenvalue weighted by Gasteiger charge is 2.48. The van der Waals surface area contributed by atoms with Crippen LogP contribution in [0, 0.1) is 11.8 Å². The number of ether oxygens (including phenoxy) is 1. The number of Topliss-reactive ketones (excluding diaryl/α,β-unsaturated/α-hetero) is 1. The number of ketones is 1. The lowest BCUT2D eigenvalue weighted by atomic mass is 9.90. The molecule has 1 saturated carbocycles. The van der Waals surface area contributed by atoms with Crippen molar-refractivity contribution in [1.82, 2.24) is 0 Å². The second-order valence-corrected chi connectivity index (χ2v) is 4.39. The Morgan fingerprint density at radius 1 is 1.31 bits per heavy atom. The first-order chi connectivity index (χ1) is 7.72. The number of allylic oxidation sites excluding steroid dienone is 1. The molecule has 0 amide bonds. The quantitative estimate of drug-likeness (QED) is 0.567. The first-order valence-electron chi connectivity index (χ1n) is 5.70. The van der Waals surface area contributed by atoms with Gasteiger partial charge in [0.2, 0.25) is 0 Å². The summed E-state index contributed by atoms with van der Waals surface area (Å²) in [4.78, 5) is 22.8. The number of hydrogen-bond donors (Lipinski definition) is 1. The average molecular weight is 224 g/mol. The maximum absolute atomic E-state index is 11.7. The molecule has 88 valence electrons. The van der Waals surface area contributed by atoms with E-state index in [9.17, 15) is 9.59 Å². The molecule has 0 spiro atoms. The fourth-order valence-corrected chi connectivity index (χ4v) is 2.55. The zero-order valence-electron chi connectivity index (χ0n) is 9.09. The van der Waals surface area contributed by atoms with Gasteiger partial charge >= 0.3 is 5.97 Å². The monoisotopic (exact) mass is 224 g/mol. The standard InChI is InChI=1S/C12H16O4/c13-5-3-1-2-4-8-9-6-12(15)16-11(9)7-10(8)14/h1-2,8-9,11,13H,3-7H2/b2-1+/t8-,9?,11?/m0/s1. The molecule has 4 nitrogen and oxygen atoms in total. The van der Waals surface area contributed by atoms with Gasteiger partial charge in [-0.05, 0) is 12.8 Å². The van der Waals surface area contributed by atoms with Crippen molar-refractivity contribution in [2.24, 2.45) is 11.8 Å². The Bertz CT molecular complexity index is 321. The lowest BCUT2D eigenvalue weighted by Crippen LogP contribution is -2.15. The molecule has 0 aromatic heterocycles. The second-order valence-electron chi connectivity index (χ2n) is 4.39. The van der Waals surface area contributed by atoms with E-state index in [2.05, 4.69) is 0 Å². The highest BCUT2D eigenvalue weighted by atomic mass is 16.6. The molecule has 3 atom stereocenters. The summed E-state index contributed by atoms with van der Waals surface area (Å²) in [5, 5.41) is 8.61. The number of fused-ring (bicyclic) bond motifs is 1. The van der Waals surface area contributed by atoms with Gasteiger partial charge in [0, 0.05) is 24.9 Å². The van der Waals surface area contributed by atoms with Gasteiger partial charge in [-0.15, -0.1) is 0 Å². The molecule has 2 unspecified atom stereocenters. The summed E-state index contributed by atoms with van der Waals surface area (Å²) in [7, 11) is 0. The van der Waals surface area contributed by atoms with Gasteiger partial charge in [0.1, 0.15) is 11.9 Å². The van der Waals surface area contributed by atoms with Gasteiger partial charge in [0.05, 0.1) is 6.42 Å². The molecule has 4 heteroatoms. The Hall–Kier alpha value is -1.16. The van der Waals surface area contributed by atoms with E-state index in [1.54, 1.807) is 0 Å². The summed E-state index contributed by atoms with van der Waals surface area (Å²) < 4.78 is 5.09. The van der Waals surface area contributed by atoms with Crippen LogP contribution in [0.1, 0.15) is 25.7 Å². The van der Waals surface area contributed by atoms with Gasteiger partial charge in [-0.2, -0.15) is 0 Å². The summed E-state index contributed by atoms with van der Waals surface area (Å²) >= 11 is 0. The molecule has 2 rings (SSSR count). The summed E-state index contributed by atoms with van der Waals surface area (Å²) in [6, 6.07) is 0. The number of carbonyl (C=O) groups is 2. The van der Waals surface area contributed by atoms with Crippen molar-refractivity contribution >= 4 is 11.8 Å². The molecule has 1 aliphatic carbocycles.